The first kappa shape index (κ1) is 14.4. The summed E-state index contributed by atoms with van der Waals surface area (Å²) >= 11 is 0. The van der Waals surface area contributed by atoms with Crippen LogP contribution in [0.5, 0.6) is 0 Å². The lowest BCUT2D eigenvalue weighted by atomic mass is 10.5. The largest absolute Gasteiger partial charge is 0.463 e. The first-order valence-electron chi connectivity index (χ1n) is 4.41. The second kappa shape index (κ2) is 7.70. The highest BCUT2D eigenvalue weighted by Crippen LogP contribution is 2.49. The second-order valence-electron chi connectivity index (χ2n) is 2.49. The van der Waals surface area contributed by atoms with Gasteiger partial charge in [0.25, 0.3) is 0 Å². The normalized spacial score (nSPS) is 12.2. The summed E-state index contributed by atoms with van der Waals surface area (Å²) in [5, 5.41) is 0. The van der Waals surface area contributed by atoms with Crippen LogP contribution in [0.2, 0.25) is 0 Å². The SMILES string of the molecule is C=CC(=O)OCCCS(OC)(OC)OC. The third-order valence-corrected chi connectivity index (χ3v) is 4.02. The van der Waals surface area contributed by atoms with Crippen molar-refractivity contribution < 1.29 is 22.1 Å². The van der Waals surface area contributed by atoms with E-state index in [1.807, 2.05) is 0 Å². The Bertz CT molecular complexity index is 194. The van der Waals surface area contributed by atoms with Gasteiger partial charge in [-0.1, -0.05) is 6.58 Å². The van der Waals surface area contributed by atoms with Crippen molar-refractivity contribution in [2.75, 3.05) is 33.7 Å². The Morgan fingerprint density at radius 3 is 2.20 bits per heavy atom. The highest BCUT2D eigenvalue weighted by atomic mass is 32.3. The first-order valence-corrected chi connectivity index (χ1v) is 5.98. The van der Waals surface area contributed by atoms with Crippen LogP contribution in [0.25, 0.3) is 0 Å². The number of rotatable bonds is 8. The molecule has 15 heavy (non-hydrogen) atoms. The van der Waals surface area contributed by atoms with Crippen LogP contribution in [0.4, 0.5) is 0 Å². The minimum absolute atomic E-state index is 0.301. The van der Waals surface area contributed by atoms with Gasteiger partial charge in [0, 0.05) is 11.8 Å². The summed E-state index contributed by atoms with van der Waals surface area (Å²) in [6.45, 7) is 3.59. The Hall–Kier alpha value is -0.560. The molecule has 0 atom stereocenters. The van der Waals surface area contributed by atoms with Crippen molar-refractivity contribution in [1.82, 2.24) is 0 Å². The van der Waals surface area contributed by atoms with Gasteiger partial charge in [-0.3, -0.25) is 12.5 Å². The molecule has 0 aliphatic rings. The zero-order valence-corrected chi connectivity index (χ0v) is 10.2. The van der Waals surface area contributed by atoms with E-state index >= 15 is 0 Å². The molecule has 0 rings (SSSR count). The van der Waals surface area contributed by atoms with E-state index in [1.165, 1.54) is 21.3 Å². The molecule has 0 fully saturated rings. The third-order valence-electron chi connectivity index (χ3n) is 1.71. The monoisotopic (exact) mass is 238 g/mol. The van der Waals surface area contributed by atoms with Gasteiger partial charge in [0.2, 0.25) is 0 Å². The molecule has 0 aliphatic heterocycles. The zero-order chi connectivity index (χ0) is 11.7. The van der Waals surface area contributed by atoms with Crippen LogP contribution in [0.15, 0.2) is 12.7 Å². The van der Waals surface area contributed by atoms with Crippen molar-refractivity contribution in [2.24, 2.45) is 0 Å². The minimum atomic E-state index is -1.93. The minimum Gasteiger partial charge on any atom is -0.463 e. The fraction of sp³-hybridized carbons (Fsp3) is 0.667. The number of hydrogen-bond acceptors (Lipinski definition) is 5. The Morgan fingerprint density at radius 1 is 1.27 bits per heavy atom. The van der Waals surface area contributed by atoms with Gasteiger partial charge < -0.3 is 4.74 Å². The van der Waals surface area contributed by atoms with E-state index in [2.05, 4.69) is 6.58 Å². The van der Waals surface area contributed by atoms with Gasteiger partial charge in [0.15, 0.2) is 0 Å². The maximum absolute atomic E-state index is 10.7. The van der Waals surface area contributed by atoms with Crippen molar-refractivity contribution in [2.45, 2.75) is 6.42 Å². The van der Waals surface area contributed by atoms with Crippen molar-refractivity contribution in [1.29, 1.82) is 0 Å². The van der Waals surface area contributed by atoms with Crippen LogP contribution in [0.3, 0.4) is 0 Å². The summed E-state index contributed by atoms with van der Waals surface area (Å²) in [7, 11) is 2.65. The van der Waals surface area contributed by atoms with Gasteiger partial charge in [-0.05, 0) is 6.42 Å². The lowest BCUT2D eigenvalue weighted by Crippen LogP contribution is -2.13. The van der Waals surface area contributed by atoms with Gasteiger partial charge in [0.05, 0.1) is 38.8 Å². The summed E-state index contributed by atoms with van der Waals surface area (Å²) in [5.74, 6) is 0.129. The fourth-order valence-corrected chi connectivity index (χ4v) is 2.30. The van der Waals surface area contributed by atoms with Crippen LogP contribution in [0, 0.1) is 0 Å². The average Bonchev–Trinajstić information content (AvgIpc) is 2.30. The highest BCUT2D eigenvalue weighted by molar-refractivity contribution is 8.21. The van der Waals surface area contributed by atoms with E-state index in [9.17, 15) is 4.79 Å². The predicted molar refractivity (Wildman–Crippen MR) is 59.3 cm³/mol. The smallest absolute Gasteiger partial charge is 0.330 e. The summed E-state index contributed by atoms with van der Waals surface area (Å²) in [6.07, 6.45) is 1.74. The maximum Gasteiger partial charge on any atom is 0.330 e. The molecular weight excluding hydrogens is 220 g/mol. The molecule has 90 valence electrons. The van der Waals surface area contributed by atoms with Crippen molar-refractivity contribution in [3.8, 4) is 0 Å². The number of carbonyl (C=O) groups excluding carboxylic acids is 1. The van der Waals surface area contributed by atoms with E-state index in [4.69, 9.17) is 17.3 Å². The van der Waals surface area contributed by atoms with Crippen molar-refractivity contribution in [3.63, 3.8) is 0 Å². The molecule has 0 spiro atoms. The molecule has 0 saturated heterocycles. The molecule has 0 radical (unpaired) electrons. The quantitative estimate of drug-likeness (QED) is 0.365. The van der Waals surface area contributed by atoms with E-state index in [0.717, 1.165) is 6.08 Å². The first-order chi connectivity index (χ1) is 7.14. The lowest BCUT2D eigenvalue weighted by molar-refractivity contribution is -0.137. The summed E-state index contributed by atoms with van der Waals surface area (Å²) in [6, 6.07) is 0. The van der Waals surface area contributed by atoms with Crippen molar-refractivity contribution >= 4 is 16.8 Å². The van der Waals surface area contributed by atoms with Crippen LogP contribution in [-0.4, -0.2) is 39.7 Å². The number of esters is 1. The Labute approximate surface area is 92.3 Å². The number of hydrogen-bond donors (Lipinski definition) is 0. The Morgan fingerprint density at radius 2 is 1.80 bits per heavy atom. The molecule has 0 aliphatic carbocycles. The summed E-state index contributed by atoms with van der Waals surface area (Å²) in [4.78, 5) is 10.7. The molecule has 0 aromatic carbocycles. The maximum atomic E-state index is 10.7. The molecule has 0 N–H and O–H groups in total. The number of carbonyl (C=O) groups is 1. The topological polar surface area (TPSA) is 54.0 Å². The lowest BCUT2D eigenvalue weighted by Gasteiger charge is -2.33. The molecule has 6 heteroatoms. The molecule has 0 unspecified atom stereocenters. The van der Waals surface area contributed by atoms with Crippen LogP contribution in [-0.2, 0) is 22.1 Å². The van der Waals surface area contributed by atoms with Gasteiger partial charge in [-0.2, -0.15) is 0 Å². The molecule has 0 amide bonds. The van der Waals surface area contributed by atoms with E-state index in [-0.39, 0.29) is 0 Å². The molecule has 0 bridgehead atoms. The average molecular weight is 238 g/mol. The van der Waals surface area contributed by atoms with Gasteiger partial charge in [-0.15, -0.1) is 0 Å². The fourth-order valence-electron chi connectivity index (χ4n) is 0.922. The van der Waals surface area contributed by atoms with Crippen molar-refractivity contribution in [3.05, 3.63) is 12.7 Å². The van der Waals surface area contributed by atoms with E-state index in [1.54, 1.807) is 0 Å². The molecule has 0 saturated carbocycles. The predicted octanol–water partition coefficient (Wildman–Crippen LogP) is 1.59. The van der Waals surface area contributed by atoms with Crippen LogP contribution in [0.1, 0.15) is 6.42 Å². The van der Waals surface area contributed by atoms with Crippen LogP contribution < -0.4 is 0 Å². The third kappa shape index (κ3) is 5.17. The molecule has 0 aromatic rings. The van der Waals surface area contributed by atoms with Gasteiger partial charge in [-0.25, -0.2) is 4.79 Å². The highest BCUT2D eigenvalue weighted by Gasteiger charge is 2.22. The van der Waals surface area contributed by atoms with Crippen LogP contribution >= 0.6 is 10.9 Å². The molecular formula is C9H18O5S. The van der Waals surface area contributed by atoms with Gasteiger partial charge in [0.1, 0.15) is 0 Å². The zero-order valence-electron chi connectivity index (χ0n) is 9.36. The standard InChI is InChI=1S/C9H18O5S/c1-5-9(10)14-7-6-8-15(11-2,12-3)13-4/h5H,1,6-8H2,2-4H3. The molecule has 5 nitrogen and oxygen atoms in total. The van der Waals surface area contributed by atoms with Gasteiger partial charge >= 0.3 is 5.97 Å². The second-order valence-corrected chi connectivity index (χ2v) is 5.01. The number of ether oxygens (including phenoxy) is 1. The summed E-state index contributed by atoms with van der Waals surface area (Å²) in [5.41, 5.74) is 0. The molecule has 0 heterocycles. The Balaban J connectivity index is 3.81. The Kier molecular flexibility index (Phi) is 7.41. The van der Waals surface area contributed by atoms with E-state index in [0.29, 0.717) is 18.8 Å². The van der Waals surface area contributed by atoms with E-state index < -0.39 is 16.8 Å². The summed E-state index contributed by atoms with van der Waals surface area (Å²) < 4.78 is 20.3. The molecule has 0 aromatic heterocycles.